The Kier molecular flexibility index (Phi) is 6.92. The molecule has 1 aromatic carbocycles. The van der Waals surface area contributed by atoms with Gasteiger partial charge in [0.1, 0.15) is 0 Å². The number of anilines is 1. The van der Waals surface area contributed by atoms with Crippen LogP contribution in [0.25, 0.3) is 11.4 Å². The second-order valence-electron chi connectivity index (χ2n) is 7.31. The Balaban J connectivity index is 1.72. The van der Waals surface area contributed by atoms with Crippen molar-refractivity contribution in [2.24, 2.45) is 0 Å². The van der Waals surface area contributed by atoms with E-state index < -0.39 is 0 Å². The van der Waals surface area contributed by atoms with E-state index in [0.717, 1.165) is 28.2 Å². The molecule has 0 aliphatic carbocycles. The van der Waals surface area contributed by atoms with Gasteiger partial charge in [0.25, 0.3) is 0 Å². The van der Waals surface area contributed by atoms with Crippen molar-refractivity contribution in [1.29, 1.82) is 0 Å². The lowest BCUT2D eigenvalue weighted by Gasteiger charge is -2.09. The maximum atomic E-state index is 12.4. The van der Waals surface area contributed by atoms with Crippen LogP contribution in [0.1, 0.15) is 35.8 Å². The lowest BCUT2D eigenvalue weighted by molar-refractivity contribution is -0.113. The quantitative estimate of drug-likeness (QED) is 0.373. The first-order chi connectivity index (χ1) is 13.9. The third-order valence-electron chi connectivity index (χ3n) is 4.31. The summed E-state index contributed by atoms with van der Waals surface area (Å²) >= 11 is 3.12. The molecule has 0 fully saturated rings. The number of nitrogens with zero attached hydrogens (tertiary/aromatic N) is 3. The average molecular weight is 427 g/mol. The number of hydrogen-bond donors (Lipinski definition) is 1. The molecule has 0 bridgehead atoms. The van der Waals surface area contributed by atoms with E-state index in [1.165, 1.54) is 16.6 Å². The molecule has 29 heavy (non-hydrogen) atoms. The van der Waals surface area contributed by atoms with Crippen molar-refractivity contribution < 1.29 is 4.79 Å². The minimum atomic E-state index is -0.0627. The fourth-order valence-electron chi connectivity index (χ4n) is 3.05. The molecule has 152 valence electrons. The van der Waals surface area contributed by atoms with E-state index in [1.807, 2.05) is 36.6 Å². The highest BCUT2D eigenvalue weighted by Gasteiger charge is 2.17. The first-order valence-corrected chi connectivity index (χ1v) is 11.4. The van der Waals surface area contributed by atoms with Crippen LogP contribution < -0.4 is 5.32 Å². The zero-order chi connectivity index (χ0) is 21.0. The van der Waals surface area contributed by atoms with Crippen molar-refractivity contribution in [3.05, 3.63) is 58.3 Å². The van der Waals surface area contributed by atoms with Crippen LogP contribution in [0.2, 0.25) is 0 Å². The summed E-state index contributed by atoms with van der Waals surface area (Å²) in [7, 11) is 0. The SMILES string of the molecule is C=CCn1c(SCC(=O)Nc2cc(C)cc(C)c2)nnc1-c1csc(C(C)C)c1. The Morgan fingerprint density at radius 3 is 2.59 bits per heavy atom. The van der Waals surface area contributed by atoms with E-state index in [0.29, 0.717) is 17.6 Å². The predicted octanol–water partition coefficient (Wildman–Crippen LogP) is 5.66. The van der Waals surface area contributed by atoms with Crippen molar-refractivity contribution >= 4 is 34.7 Å². The van der Waals surface area contributed by atoms with Crippen LogP contribution in [0.15, 0.2) is 47.5 Å². The van der Waals surface area contributed by atoms with Crippen LogP contribution in [-0.4, -0.2) is 26.4 Å². The summed E-state index contributed by atoms with van der Waals surface area (Å²) in [6.45, 7) is 12.8. The van der Waals surface area contributed by atoms with E-state index in [1.54, 1.807) is 11.3 Å². The number of thiophene rings is 1. The van der Waals surface area contributed by atoms with Crippen LogP contribution in [0.3, 0.4) is 0 Å². The Morgan fingerprint density at radius 1 is 1.24 bits per heavy atom. The van der Waals surface area contributed by atoms with Gasteiger partial charge in [0, 0.05) is 28.1 Å². The average Bonchev–Trinajstić information content (AvgIpc) is 3.26. The summed E-state index contributed by atoms with van der Waals surface area (Å²) in [4.78, 5) is 13.7. The van der Waals surface area contributed by atoms with Gasteiger partial charge in [0.05, 0.1) is 5.75 Å². The smallest absolute Gasteiger partial charge is 0.234 e. The standard InChI is InChI=1S/C22H26N4OS2/c1-6-7-26-21(17-11-19(14(2)3)28-12-17)24-25-22(26)29-13-20(27)23-18-9-15(4)8-16(5)10-18/h6,8-12,14H,1,7,13H2,2-5H3,(H,23,27). The van der Waals surface area contributed by atoms with Crippen molar-refractivity contribution in [1.82, 2.24) is 14.8 Å². The molecule has 3 rings (SSSR count). The summed E-state index contributed by atoms with van der Waals surface area (Å²) in [5, 5.41) is 14.5. The molecule has 0 saturated heterocycles. The number of aromatic nitrogens is 3. The van der Waals surface area contributed by atoms with E-state index in [2.05, 4.69) is 53.5 Å². The van der Waals surface area contributed by atoms with Crippen LogP contribution in [0.4, 0.5) is 5.69 Å². The van der Waals surface area contributed by atoms with Crippen LogP contribution >= 0.6 is 23.1 Å². The van der Waals surface area contributed by atoms with Crippen molar-refractivity contribution in [3.8, 4) is 11.4 Å². The molecule has 0 radical (unpaired) electrons. The van der Waals surface area contributed by atoms with E-state index in [4.69, 9.17) is 0 Å². The monoisotopic (exact) mass is 426 g/mol. The first-order valence-electron chi connectivity index (χ1n) is 9.51. The molecule has 1 N–H and O–H groups in total. The van der Waals surface area contributed by atoms with Gasteiger partial charge in [-0.25, -0.2) is 0 Å². The second-order valence-corrected chi connectivity index (χ2v) is 9.20. The van der Waals surface area contributed by atoms with Crippen molar-refractivity contribution in [3.63, 3.8) is 0 Å². The lowest BCUT2D eigenvalue weighted by atomic mass is 10.1. The number of benzene rings is 1. The highest BCUT2D eigenvalue weighted by atomic mass is 32.2. The Hall–Kier alpha value is -2.38. The molecule has 0 aliphatic rings. The van der Waals surface area contributed by atoms with E-state index in [-0.39, 0.29) is 11.7 Å². The summed E-state index contributed by atoms with van der Waals surface area (Å²) in [6.07, 6.45) is 1.82. The Labute approximate surface area is 180 Å². The maximum absolute atomic E-state index is 12.4. The zero-order valence-electron chi connectivity index (χ0n) is 17.2. The summed E-state index contributed by atoms with van der Waals surface area (Å²) in [5.74, 6) is 1.49. The van der Waals surface area contributed by atoms with Crippen LogP contribution in [0, 0.1) is 13.8 Å². The minimum Gasteiger partial charge on any atom is -0.325 e. The molecular weight excluding hydrogens is 400 g/mol. The minimum absolute atomic E-state index is 0.0627. The number of thioether (sulfide) groups is 1. The van der Waals surface area contributed by atoms with Gasteiger partial charge in [0.2, 0.25) is 5.91 Å². The van der Waals surface area contributed by atoms with Gasteiger partial charge in [0.15, 0.2) is 11.0 Å². The second kappa shape index (κ2) is 9.41. The summed E-state index contributed by atoms with van der Waals surface area (Å²) in [6, 6.07) is 8.19. The highest BCUT2D eigenvalue weighted by Crippen LogP contribution is 2.31. The van der Waals surface area contributed by atoms with Crippen LogP contribution in [0.5, 0.6) is 0 Å². The normalized spacial score (nSPS) is 11.1. The maximum Gasteiger partial charge on any atom is 0.234 e. The van der Waals surface area contributed by atoms with Gasteiger partial charge < -0.3 is 5.32 Å². The van der Waals surface area contributed by atoms with Gasteiger partial charge in [-0.1, -0.05) is 37.8 Å². The van der Waals surface area contributed by atoms with Gasteiger partial charge in [-0.2, -0.15) is 0 Å². The number of aryl methyl sites for hydroxylation is 2. The third kappa shape index (κ3) is 5.36. The largest absolute Gasteiger partial charge is 0.325 e. The van der Waals surface area contributed by atoms with Gasteiger partial charge in [-0.05, 0) is 49.1 Å². The third-order valence-corrected chi connectivity index (χ3v) is 6.51. The molecule has 5 nitrogen and oxygen atoms in total. The number of allylic oxidation sites excluding steroid dienone is 1. The first kappa shape index (κ1) is 21.3. The molecular formula is C22H26N4OS2. The molecule has 0 aliphatic heterocycles. The Bertz CT molecular complexity index is 999. The number of carbonyl (C=O) groups is 1. The summed E-state index contributed by atoms with van der Waals surface area (Å²) in [5.41, 5.74) is 4.13. The highest BCUT2D eigenvalue weighted by molar-refractivity contribution is 7.99. The number of carbonyl (C=O) groups excluding carboxylic acids is 1. The van der Waals surface area contributed by atoms with Crippen molar-refractivity contribution in [2.45, 2.75) is 45.3 Å². The fraction of sp³-hybridized carbons (Fsp3) is 0.318. The molecule has 0 unspecified atom stereocenters. The number of nitrogens with one attached hydrogen (secondary N) is 1. The van der Waals surface area contributed by atoms with Gasteiger partial charge >= 0.3 is 0 Å². The van der Waals surface area contributed by atoms with E-state index in [9.17, 15) is 4.79 Å². The molecule has 1 amide bonds. The van der Waals surface area contributed by atoms with Crippen molar-refractivity contribution in [2.75, 3.05) is 11.1 Å². The van der Waals surface area contributed by atoms with Gasteiger partial charge in [-0.15, -0.1) is 28.1 Å². The van der Waals surface area contributed by atoms with Crippen LogP contribution in [-0.2, 0) is 11.3 Å². The summed E-state index contributed by atoms with van der Waals surface area (Å²) < 4.78 is 2.01. The molecule has 2 aromatic heterocycles. The number of rotatable bonds is 8. The molecule has 7 heteroatoms. The molecule has 3 aromatic rings. The van der Waals surface area contributed by atoms with Gasteiger partial charge in [-0.3, -0.25) is 9.36 Å². The topological polar surface area (TPSA) is 59.8 Å². The lowest BCUT2D eigenvalue weighted by Crippen LogP contribution is -2.15. The zero-order valence-corrected chi connectivity index (χ0v) is 18.9. The molecule has 0 saturated carbocycles. The molecule has 0 atom stereocenters. The predicted molar refractivity (Wildman–Crippen MR) is 123 cm³/mol. The molecule has 0 spiro atoms. The molecule has 2 heterocycles. The fourth-order valence-corrected chi connectivity index (χ4v) is 4.70. The number of hydrogen-bond acceptors (Lipinski definition) is 5. The number of amides is 1. The van der Waals surface area contributed by atoms with E-state index >= 15 is 0 Å². The Morgan fingerprint density at radius 2 is 1.97 bits per heavy atom.